The predicted molar refractivity (Wildman–Crippen MR) is 95.0 cm³/mol. The quantitative estimate of drug-likeness (QED) is 0.903. The first-order valence-electron chi connectivity index (χ1n) is 9.69. The Kier molecular flexibility index (Phi) is 4.58. The van der Waals surface area contributed by atoms with Gasteiger partial charge in [-0.2, -0.15) is 5.10 Å². The summed E-state index contributed by atoms with van der Waals surface area (Å²) in [4.78, 5) is 14.6. The molecule has 3 fully saturated rings. The van der Waals surface area contributed by atoms with E-state index in [4.69, 9.17) is 4.74 Å². The molecule has 1 aliphatic carbocycles. The molecule has 1 saturated carbocycles. The van der Waals surface area contributed by atoms with Crippen LogP contribution in [0.15, 0.2) is 6.20 Å². The molecule has 0 bridgehead atoms. The van der Waals surface area contributed by atoms with Gasteiger partial charge in [0.05, 0.1) is 11.3 Å². The third-order valence-corrected chi connectivity index (χ3v) is 6.06. The summed E-state index contributed by atoms with van der Waals surface area (Å²) in [6.45, 7) is 5.93. The smallest absolute Gasteiger partial charge is 0.223 e. The minimum Gasteiger partial charge on any atom is -0.375 e. The fourth-order valence-electron chi connectivity index (χ4n) is 4.33. The van der Waals surface area contributed by atoms with Gasteiger partial charge in [-0.25, -0.2) is 0 Å². The van der Waals surface area contributed by atoms with E-state index in [1.54, 1.807) is 0 Å². The number of nitrogens with zero attached hydrogens (tertiary/aromatic N) is 3. The summed E-state index contributed by atoms with van der Waals surface area (Å²) in [5.41, 5.74) is 2.41. The number of aromatic nitrogens is 2. The van der Waals surface area contributed by atoms with E-state index < -0.39 is 0 Å². The molecule has 25 heavy (non-hydrogen) atoms. The van der Waals surface area contributed by atoms with Crippen LogP contribution in [-0.2, 0) is 23.1 Å². The molecule has 4 rings (SSSR count). The second-order valence-corrected chi connectivity index (χ2v) is 8.19. The normalized spacial score (nSPS) is 26.7. The number of nitrogens with one attached hydrogen (secondary N) is 1. The number of hydrogen-bond acceptors (Lipinski definition) is 4. The molecule has 1 N–H and O–H groups in total. The maximum Gasteiger partial charge on any atom is 0.223 e. The number of likely N-dealkylation sites (tertiary alicyclic amines) is 1. The molecule has 6 heteroatoms. The van der Waals surface area contributed by atoms with Crippen LogP contribution < -0.4 is 5.32 Å². The maximum absolute atomic E-state index is 12.1. The van der Waals surface area contributed by atoms with E-state index in [1.165, 1.54) is 5.56 Å². The molecule has 0 aromatic carbocycles. The number of rotatable bonds is 4. The number of hydrogen-bond donors (Lipinski definition) is 1. The minimum atomic E-state index is -0.0275. The molecule has 1 aromatic rings. The Morgan fingerprint density at radius 1 is 1.36 bits per heavy atom. The summed E-state index contributed by atoms with van der Waals surface area (Å²) in [6.07, 6.45) is 8.32. The van der Waals surface area contributed by atoms with E-state index in [-0.39, 0.29) is 11.5 Å². The van der Waals surface area contributed by atoms with E-state index in [0.29, 0.717) is 12.0 Å². The van der Waals surface area contributed by atoms with Crippen molar-refractivity contribution in [3.8, 4) is 0 Å². The predicted octanol–water partition coefficient (Wildman–Crippen LogP) is 1.77. The molecule has 3 heterocycles. The van der Waals surface area contributed by atoms with Crippen LogP contribution in [0.3, 0.4) is 0 Å². The van der Waals surface area contributed by atoms with E-state index in [2.05, 4.69) is 28.4 Å². The molecule has 2 aliphatic heterocycles. The number of carbonyl (C=O) groups is 1. The van der Waals surface area contributed by atoms with Crippen molar-refractivity contribution in [2.45, 2.75) is 63.6 Å². The average Bonchev–Trinajstić information content (AvgIpc) is 3.37. The second-order valence-electron chi connectivity index (χ2n) is 8.19. The lowest BCUT2D eigenvalue weighted by atomic mass is 9.82. The summed E-state index contributed by atoms with van der Waals surface area (Å²) < 4.78 is 8.12. The third kappa shape index (κ3) is 3.90. The van der Waals surface area contributed by atoms with Gasteiger partial charge < -0.3 is 10.1 Å². The first-order valence-corrected chi connectivity index (χ1v) is 9.69. The molecular weight excluding hydrogens is 316 g/mol. The molecule has 1 amide bonds. The van der Waals surface area contributed by atoms with Gasteiger partial charge in [0.2, 0.25) is 5.91 Å². The van der Waals surface area contributed by atoms with Crippen molar-refractivity contribution >= 4 is 5.91 Å². The Hall–Kier alpha value is -1.40. The van der Waals surface area contributed by atoms with Crippen molar-refractivity contribution in [3.63, 3.8) is 0 Å². The molecule has 0 radical (unpaired) electrons. The Labute approximate surface area is 149 Å². The maximum atomic E-state index is 12.1. The van der Waals surface area contributed by atoms with Crippen LogP contribution in [0, 0.1) is 12.8 Å². The highest BCUT2D eigenvalue weighted by atomic mass is 16.5. The van der Waals surface area contributed by atoms with E-state index >= 15 is 0 Å². The molecule has 1 atom stereocenters. The van der Waals surface area contributed by atoms with Crippen LogP contribution in [0.4, 0.5) is 0 Å². The van der Waals surface area contributed by atoms with Crippen molar-refractivity contribution in [1.82, 2.24) is 20.0 Å². The highest BCUT2D eigenvalue weighted by molar-refractivity contribution is 5.81. The summed E-state index contributed by atoms with van der Waals surface area (Å²) in [6, 6.07) is 0.300. The summed E-state index contributed by atoms with van der Waals surface area (Å²) in [5, 5.41) is 7.71. The summed E-state index contributed by atoms with van der Waals surface area (Å²) >= 11 is 0. The lowest BCUT2D eigenvalue weighted by molar-refractivity contribution is -0.132. The molecule has 1 aromatic heterocycles. The van der Waals surface area contributed by atoms with Gasteiger partial charge in [-0.15, -0.1) is 0 Å². The average molecular weight is 346 g/mol. The van der Waals surface area contributed by atoms with Crippen LogP contribution in [0.25, 0.3) is 0 Å². The zero-order chi connectivity index (χ0) is 17.4. The number of amides is 1. The molecule has 138 valence electrons. The largest absolute Gasteiger partial charge is 0.375 e. The second kappa shape index (κ2) is 6.72. The van der Waals surface area contributed by atoms with Crippen molar-refractivity contribution in [3.05, 3.63) is 17.5 Å². The minimum absolute atomic E-state index is 0.0275. The Morgan fingerprint density at radius 2 is 2.12 bits per heavy atom. The molecule has 6 nitrogen and oxygen atoms in total. The molecule has 3 aliphatic rings. The fourth-order valence-corrected chi connectivity index (χ4v) is 4.33. The van der Waals surface area contributed by atoms with Crippen LogP contribution in [0.1, 0.15) is 49.8 Å². The lowest BCUT2D eigenvalue weighted by Gasteiger charge is -2.46. The fraction of sp³-hybridized carbons (Fsp3) is 0.789. The molecule has 0 unspecified atom stereocenters. The summed E-state index contributed by atoms with van der Waals surface area (Å²) in [5.74, 6) is 0.565. The standard InChI is InChI=1S/C19H30N4O2/c1-14-16(12-22(2)21-14)13-23-8-6-19(7-9-23)11-17(5-10-25-19)20-18(24)15-3-4-15/h12,15,17H,3-11,13H2,1-2H3,(H,20,24)/t17-/m1/s1. The SMILES string of the molecule is Cc1nn(C)cc1CN1CCC2(CC1)C[C@H](NC(=O)C1CC1)CCO2. The van der Waals surface area contributed by atoms with Crippen molar-refractivity contribution in [1.29, 1.82) is 0 Å². The van der Waals surface area contributed by atoms with Gasteiger partial charge in [0.15, 0.2) is 0 Å². The Bertz CT molecular complexity index is 629. The van der Waals surface area contributed by atoms with Crippen molar-refractivity contribution < 1.29 is 9.53 Å². The topological polar surface area (TPSA) is 59.4 Å². The molecule has 2 saturated heterocycles. The molecular formula is C19H30N4O2. The Balaban J connectivity index is 1.30. The van der Waals surface area contributed by atoms with Gasteiger partial charge in [-0.3, -0.25) is 14.4 Å². The van der Waals surface area contributed by atoms with Crippen molar-refractivity contribution in [2.24, 2.45) is 13.0 Å². The summed E-state index contributed by atoms with van der Waals surface area (Å²) in [7, 11) is 1.98. The van der Waals surface area contributed by atoms with E-state index in [9.17, 15) is 4.79 Å². The van der Waals surface area contributed by atoms with Crippen LogP contribution in [-0.4, -0.2) is 51.9 Å². The van der Waals surface area contributed by atoms with Gasteiger partial charge in [0.1, 0.15) is 0 Å². The van der Waals surface area contributed by atoms with E-state index in [0.717, 1.165) is 70.5 Å². The van der Waals surface area contributed by atoms with Crippen LogP contribution >= 0.6 is 0 Å². The van der Waals surface area contributed by atoms with Gasteiger partial charge in [0, 0.05) is 57.0 Å². The van der Waals surface area contributed by atoms with E-state index in [1.807, 2.05) is 11.7 Å². The zero-order valence-corrected chi connectivity index (χ0v) is 15.5. The van der Waals surface area contributed by atoms with Gasteiger partial charge in [-0.05, 0) is 45.4 Å². The zero-order valence-electron chi connectivity index (χ0n) is 15.5. The first kappa shape index (κ1) is 17.0. The van der Waals surface area contributed by atoms with Crippen LogP contribution in [0.5, 0.6) is 0 Å². The van der Waals surface area contributed by atoms with Gasteiger partial charge in [-0.1, -0.05) is 0 Å². The number of carbonyl (C=O) groups excluding carboxylic acids is 1. The molecule has 1 spiro atoms. The third-order valence-electron chi connectivity index (χ3n) is 6.06. The van der Waals surface area contributed by atoms with Gasteiger partial charge in [0.25, 0.3) is 0 Å². The highest BCUT2D eigenvalue weighted by Crippen LogP contribution is 2.36. The first-order chi connectivity index (χ1) is 12.0. The monoisotopic (exact) mass is 346 g/mol. The number of ether oxygens (including phenoxy) is 1. The highest BCUT2D eigenvalue weighted by Gasteiger charge is 2.41. The van der Waals surface area contributed by atoms with Gasteiger partial charge >= 0.3 is 0 Å². The van der Waals surface area contributed by atoms with Crippen molar-refractivity contribution in [2.75, 3.05) is 19.7 Å². The Morgan fingerprint density at radius 3 is 2.76 bits per heavy atom. The number of piperidine rings is 1. The van der Waals surface area contributed by atoms with Crippen LogP contribution in [0.2, 0.25) is 0 Å². The number of aryl methyl sites for hydroxylation is 2. The lowest BCUT2D eigenvalue weighted by Crippen LogP contribution is -2.53.